The van der Waals surface area contributed by atoms with Crippen LogP contribution in [0.1, 0.15) is 22.3 Å². The van der Waals surface area contributed by atoms with E-state index in [1.807, 2.05) is 62.4 Å². The first-order valence-corrected chi connectivity index (χ1v) is 9.21. The fourth-order valence-electron chi connectivity index (χ4n) is 2.84. The van der Waals surface area contributed by atoms with Gasteiger partial charge in [-0.1, -0.05) is 54.1 Å². The van der Waals surface area contributed by atoms with Gasteiger partial charge < -0.3 is 10.1 Å². The summed E-state index contributed by atoms with van der Waals surface area (Å²) in [5.74, 6) is 0.476. The van der Waals surface area contributed by atoms with Crippen molar-refractivity contribution in [3.63, 3.8) is 0 Å². The fourth-order valence-corrected chi connectivity index (χ4v) is 3.04. The van der Waals surface area contributed by atoms with Crippen LogP contribution >= 0.6 is 11.6 Å². The van der Waals surface area contributed by atoms with Crippen LogP contribution in [0.5, 0.6) is 5.75 Å². The van der Waals surface area contributed by atoms with E-state index in [0.29, 0.717) is 17.2 Å². The minimum atomic E-state index is -0.190. The Kier molecular flexibility index (Phi) is 6.15. The molecule has 1 amide bonds. The predicted octanol–water partition coefficient (Wildman–Crippen LogP) is 5.57. The van der Waals surface area contributed by atoms with Gasteiger partial charge in [-0.15, -0.1) is 0 Å². The zero-order chi connectivity index (χ0) is 19.2. The van der Waals surface area contributed by atoms with E-state index in [1.54, 1.807) is 6.07 Å². The van der Waals surface area contributed by atoms with Gasteiger partial charge >= 0.3 is 0 Å². The predicted molar refractivity (Wildman–Crippen MR) is 111 cm³/mol. The molecule has 3 aromatic rings. The van der Waals surface area contributed by atoms with Crippen LogP contribution in [0.15, 0.2) is 66.7 Å². The van der Waals surface area contributed by atoms with Crippen LogP contribution in [-0.2, 0) is 11.2 Å². The maximum absolute atomic E-state index is 12.3. The van der Waals surface area contributed by atoms with Gasteiger partial charge in [0.25, 0.3) is 5.91 Å². The van der Waals surface area contributed by atoms with E-state index in [2.05, 4.69) is 17.4 Å². The third-order valence-electron chi connectivity index (χ3n) is 4.29. The molecule has 0 unspecified atom stereocenters. The van der Waals surface area contributed by atoms with E-state index in [4.69, 9.17) is 16.3 Å². The molecule has 1 N–H and O–H groups in total. The number of halogens is 1. The zero-order valence-electron chi connectivity index (χ0n) is 15.5. The number of nitrogens with one attached hydrogen (secondary N) is 1. The summed E-state index contributed by atoms with van der Waals surface area (Å²) in [4.78, 5) is 12.3. The lowest BCUT2D eigenvalue weighted by Gasteiger charge is -2.13. The van der Waals surface area contributed by atoms with Gasteiger partial charge in [0.2, 0.25) is 0 Å². The zero-order valence-corrected chi connectivity index (χ0v) is 16.2. The molecule has 0 saturated carbocycles. The lowest BCUT2D eigenvalue weighted by atomic mass is 10.0. The molecule has 0 radical (unpaired) electrons. The Morgan fingerprint density at radius 2 is 1.78 bits per heavy atom. The number of carbonyl (C=O) groups excluding carboxylic acids is 1. The SMILES string of the molecule is Cc1ccc(C)c(NC(=O)COc2ccc(Cl)cc2Cc2ccccc2)c1. The van der Waals surface area contributed by atoms with Gasteiger partial charge in [0.15, 0.2) is 6.61 Å². The van der Waals surface area contributed by atoms with Crippen molar-refractivity contribution in [2.75, 3.05) is 11.9 Å². The number of aryl methyl sites for hydroxylation is 2. The molecule has 0 atom stereocenters. The molecule has 0 aromatic heterocycles. The number of carbonyl (C=O) groups is 1. The molecule has 0 aliphatic carbocycles. The third kappa shape index (κ3) is 5.35. The first kappa shape index (κ1) is 19.0. The van der Waals surface area contributed by atoms with Gasteiger partial charge in [-0.3, -0.25) is 4.79 Å². The highest BCUT2D eigenvalue weighted by molar-refractivity contribution is 6.30. The highest BCUT2D eigenvalue weighted by atomic mass is 35.5. The van der Waals surface area contributed by atoms with Gasteiger partial charge in [-0.25, -0.2) is 0 Å². The summed E-state index contributed by atoms with van der Waals surface area (Å²) in [5, 5.41) is 3.56. The molecule has 138 valence electrons. The molecule has 3 rings (SSSR count). The molecule has 0 fully saturated rings. The monoisotopic (exact) mass is 379 g/mol. The summed E-state index contributed by atoms with van der Waals surface area (Å²) in [6.45, 7) is 3.90. The number of benzene rings is 3. The average molecular weight is 380 g/mol. The molecule has 0 heterocycles. The summed E-state index contributed by atoms with van der Waals surface area (Å²) in [7, 11) is 0. The standard InChI is InChI=1S/C23H22ClNO2/c1-16-8-9-17(2)21(12-16)25-23(26)15-27-22-11-10-20(24)14-19(22)13-18-6-4-3-5-7-18/h3-12,14H,13,15H2,1-2H3,(H,25,26). The Labute approximate surface area is 164 Å². The van der Waals surface area contributed by atoms with Gasteiger partial charge in [-0.2, -0.15) is 0 Å². The van der Waals surface area contributed by atoms with Crippen LogP contribution in [0.4, 0.5) is 5.69 Å². The lowest BCUT2D eigenvalue weighted by molar-refractivity contribution is -0.118. The van der Waals surface area contributed by atoms with Crippen molar-refractivity contribution in [2.24, 2.45) is 0 Å². The highest BCUT2D eigenvalue weighted by Crippen LogP contribution is 2.25. The van der Waals surface area contributed by atoms with Crippen molar-refractivity contribution >= 4 is 23.2 Å². The molecule has 0 aliphatic rings. The third-order valence-corrected chi connectivity index (χ3v) is 4.52. The van der Waals surface area contributed by atoms with E-state index < -0.39 is 0 Å². The van der Waals surface area contributed by atoms with Crippen LogP contribution in [0.3, 0.4) is 0 Å². The number of hydrogen-bond acceptors (Lipinski definition) is 2. The molecular formula is C23H22ClNO2. The number of rotatable bonds is 6. The second kappa shape index (κ2) is 8.74. The maximum atomic E-state index is 12.3. The summed E-state index contributed by atoms with van der Waals surface area (Å²) < 4.78 is 5.80. The number of ether oxygens (including phenoxy) is 1. The molecule has 3 nitrogen and oxygen atoms in total. The molecule has 27 heavy (non-hydrogen) atoms. The lowest BCUT2D eigenvalue weighted by Crippen LogP contribution is -2.21. The molecule has 0 saturated heterocycles. The normalized spacial score (nSPS) is 10.5. The van der Waals surface area contributed by atoms with Crippen molar-refractivity contribution in [1.82, 2.24) is 0 Å². The highest BCUT2D eigenvalue weighted by Gasteiger charge is 2.10. The topological polar surface area (TPSA) is 38.3 Å². The molecule has 3 aromatic carbocycles. The van der Waals surface area contributed by atoms with E-state index in [1.165, 1.54) is 0 Å². The smallest absolute Gasteiger partial charge is 0.262 e. The molecule has 0 bridgehead atoms. The van der Waals surface area contributed by atoms with E-state index in [0.717, 1.165) is 27.9 Å². The number of amides is 1. The van der Waals surface area contributed by atoms with E-state index >= 15 is 0 Å². The first-order chi connectivity index (χ1) is 13.0. The van der Waals surface area contributed by atoms with Crippen molar-refractivity contribution in [2.45, 2.75) is 20.3 Å². The minimum absolute atomic E-state index is 0.0587. The van der Waals surface area contributed by atoms with Gasteiger partial charge in [-0.05, 0) is 60.4 Å². The summed E-state index contributed by atoms with van der Waals surface area (Å²) in [6.07, 6.45) is 0.690. The summed E-state index contributed by atoms with van der Waals surface area (Å²) >= 11 is 6.15. The van der Waals surface area contributed by atoms with E-state index in [-0.39, 0.29) is 12.5 Å². The molecular weight excluding hydrogens is 358 g/mol. The minimum Gasteiger partial charge on any atom is -0.483 e. The Hall–Kier alpha value is -2.78. The molecule has 0 aliphatic heterocycles. The number of anilines is 1. The summed E-state index contributed by atoms with van der Waals surface area (Å²) in [6, 6.07) is 21.5. The molecule has 0 spiro atoms. The van der Waals surface area contributed by atoms with Crippen LogP contribution in [0, 0.1) is 13.8 Å². The second-order valence-electron chi connectivity index (χ2n) is 6.57. The largest absolute Gasteiger partial charge is 0.483 e. The Morgan fingerprint density at radius 1 is 1.00 bits per heavy atom. The van der Waals surface area contributed by atoms with Crippen LogP contribution in [-0.4, -0.2) is 12.5 Å². The van der Waals surface area contributed by atoms with Crippen molar-refractivity contribution < 1.29 is 9.53 Å². The van der Waals surface area contributed by atoms with Gasteiger partial charge in [0.05, 0.1) is 0 Å². The fraction of sp³-hybridized carbons (Fsp3) is 0.174. The van der Waals surface area contributed by atoms with Gasteiger partial charge in [0.1, 0.15) is 5.75 Å². The summed E-state index contributed by atoms with van der Waals surface area (Å²) in [5.41, 5.74) is 5.03. The van der Waals surface area contributed by atoms with Crippen molar-refractivity contribution in [1.29, 1.82) is 0 Å². The molecule has 4 heteroatoms. The van der Waals surface area contributed by atoms with Gasteiger partial charge in [0, 0.05) is 17.1 Å². The average Bonchev–Trinajstić information content (AvgIpc) is 2.65. The second-order valence-corrected chi connectivity index (χ2v) is 7.01. The Morgan fingerprint density at radius 3 is 2.56 bits per heavy atom. The van der Waals surface area contributed by atoms with Crippen LogP contribution in [0.2, 0.25) is 5.02 Å². The Bertz CT molecular complexity index is 938. The van der Waals surface area contributed by atoms with Crippen molar-refractivity contribution in [3.05, 3.63) is 94.0 Å². The van der Waals surface area contributed by atoms with Crippen LogP contribution in [0.25, 0.3) is 0 Å². The first-order valence-electron chi connectivity index (χ1n) is 8.83. The van der Waals surface area contributed by atoms with Crippen LogP contribution < -0.4 is 10.1 Å². The number of hydrogen-bond donors (Lipinski definition) is 1. The maximum Gasteiger partial charge on any atom is 0.262 e. The van der Waals surface area contributed by atoms with E-state index in [9.17, 15) is 4.79 Å². The van der Waals surface area contributed by atoms with Crippen molar-refractivity contribution in [3.8, 4) is 5.75 Å². The quantitative estimate of drug-likeness (QED) is 0.608. The Balaban J connectivity index is 1.68.